The summed E-state index contributed by atoms with van der Waals surface area (Å²) in [5.41, 5.74) is 0.972. The van der Waals surface area contributed by atoms with E-state index in [4.69, 9.17) is 9.22 Å². The molecule has 0 saturated heterocycles. The van der Waals surface area contributed by atoms with Gasteiger partial charge in [0.05, 0.1) is 6.04 Å². The van der Waals surface area contributed by atoms with Crippen molar-refractivity contribution >= 4 is 25.6 Å². The van der Waals surface area contributed by atoms with Crippen molar-refractivity contribution in [1.82, 2.24) is 5.32 Å². The summed E-state index contributed by atoms with van der Waals surface area (Å²) in [6, 6.07) is 9.30. The van der Waals surface area contributed by atoms with Crippen LogP contribution >= 0.6 is 0 Å². The minimum Gasteiger partial charge on any atom is -0.466 e. The van der Waals surface area contributed by atoms with E-state index in [1.54, 1.807) is 0 Å². The molecule has 0 aliphatic carbocycles. The second-order valence-corrected chi connectivity index (χ2v) is 6.15. The molecule has 4 nitrogen and oxygen atoms in total. The highest BCUT2D eigenvalue weighted by Crippen LogP contribution is 2.10. The van der Waals surface area contributed by atoms with E-state index in [0.717, 1.165) is 5.56 Å². The lowest BCUT2D eigenvalue weighted by molar-refractivity contribution is 0.191. The van der Waals surface area contributed by atoms with E-state index >= 15 is 0 Å². The zero-order chi connectivity index (χ0) is 13.1. The maximum absolute atomic E-state index is 10.3. The van der Waals surface area contributed by atoms with Crippen LogP contribution in [0.5, 0.6) is 0 Å². The van der Waals surface area contributed by atoms with Gasteiger partial charge in [-0.1, -0.05) is 43.4 Å². The van der Waals surface area contributed by atoms with Crippen LogP contribution in [0, 0.1) is 0 Å². The third-order valence-corrected chi connectivity index (χ3v) is 5.31. The average molecular weight is 271 g/mol. The molecule has 1 rings (SSSR count). The molecule has 0 bridgehead atoms. The van der Waals surface area contributed by atoms with Gasteiger partial charge in [0.1, 0.15) is 19.5 Å². The van der Waals surface area contributed by atoms with E-state index in [1.807, 2.05) is 37.3 Å². The molecule has 0 aliphatic rings. The number of rotatable bonds is 4. The van der Waals surface area contributed by atoms with Crippen LogP contribution in [-0.2, 0) is 4.12 Å². The second kappa shape index (κ2) is 10.1. The fraction of sp³-hybridized carbons (Fsp3) is 0.364. The third-order valence-electron chi connectivity index (χ3n) is 2.05. The molecule has 0 fully saturated rings. The first kappa shape index (κ1) is 15.9. The molecule has 1 aromatic rings. The normalized spacial score (nSPS) is 12.4. The molecule has 6 heteroatoms. The van der Waals surface area contributed by atoms with Gasteiger partial charge in [0.15, 0.2) is 0 Å². The standard InChI is InChI=1S/C9H11NO2.C2H10OSi2/c1-7(10-9(11)12)8-5-3-2-4-6-8;1-4-3-5-2/h2-7,10H,1H3,(H,11,12);4-5H2,1-2H3. The van der Waals surface area contributed by atoms with Crippen molar-refractivity contribution in [2.24, 2.45) is 0 Å². The molecular formula is C11H21NO3Si2. The monoisotopic (exact) mass is 271 g/mol. The zero-order valence-corrected chi connectivity index (χ0v) is 13.5. The summed E-state index contributed by atoms with van der Waals surface area (Å²) in [5.74, 6) is 0. The van der Waals surface area contributed by atoms with E-state index in [2.05, 4.69) is 18.4 Å². The summed E-state index contributed by atoms with van der Waals surface area (Å²) >= 11 is 0. The topological polar surface area (TPSA) is 58.6 Å². The summed E-state index contributed by atoms with van der Waals surface area (Å²) in [6.07, 6.45) is -0.994. The highest BCUT2D eigenvalue weighted by atomic mass is 28.3. The van der Waals surface area contributed by atoms with Crippen LogP contribution in [0.15, 0.2) is 30.3 Å². The Labute approximate surface area is 107 Å². The number of nitrogens with one attached hydrogen (secondary N) is 1. The Kier molecular flexibility index (Phi) is 9.40. The molecule has 1 amide bonds. The third kappa shape index (κ3) is 8.67. The van der Waals surface area contributed by atoms with Crippen LogP contribution in [0.25, 0.3) is 0 Å². The van der Waals surface area contributed by atoms with Gasteiger partial charge in [0.25, 0.3) is 0 Å². The molecule has 0 radical (unpaired) electrons. The Bertz CT molecular complexity index is 307. The van der Waals surface area contributed by atoms with Crippen LogP contribution < -0.4 is 5.32 Å². The second-order valence-electron chi connectivity index (χ2n) is 3.36. The summed E-state index contributed by atoms with van der Waals surface area (Å²) in [4.78, 5) is 10.3. The van der Waals surface area contributed by atoms with Crippen LogP contribution in [0.2, 0.25) is 13.1 Å². The van der Waals surface area contributed by atoms with Crippen molar-refractivity contribution in [2.75, 3.05) is 0 Å². The highest BCUT2D eigenvalue weighted by molar-refractivity contribution is 6.40. The quantitative estimate of drug-likeness (QED) is 0.811. The van der Waals surface area contributed by atoms with E-state index < -0.39 is 6.09 Å². The average Bonchev–Trinajstić information content (AvgIpc) is 2.31. The molecule has 96 valence electrons. The molecule has 0 heterocycles. The molecule has 0 spiro atoms. The Morgan fingerprint density at radius 3 is 2.18 bits per heavy atom. The summed E-state index contributed by atoms with van der Waals surface area (Å²) in [7, 11) is -0.0486. The number of hydrogen-bond acceptors (Lipinski definition) is 2. The summed E-state index contributed by atoms with van der Waals surface area (Å²) < 4.78 is 5.11. The van der Waals surface area contributed by atoms with Crippen molar-refractivity contribution < 1.29 is 14.0 Å². The Morgan fingerprint density at radius 1 is 1.29 bits per heavy atom. The van der Waals surface area contributed by atoms with Gasteiger partial charge >= 0.3 is 6.09 Å². The lowest BCUT2D eigenvalue weighted by Crippen LogP contribution is -2.24. The minimum atomic E-state index is -0.994. The van der Waals surface area contributed by atoms with Crippen molar-refractivity contribution in [1.29, 1.82) is 0 Å². The molecular weight excluding hydrogens is 250 g/mol. The van der Waals surface area contributed by atoms with Gasteiger partial charge in [0, 0.05) is 0 Å². The smallest absolute Gasteiger partial charge is 0.405 e. The van der Waals surface area contributed by atoms with Gasteiger partial charge in [-0.15, -0.1) is 0 Å². The predicted octanol–water partition coefficient (Wildman–Crippen LogP) is 1.28. The predicted molar refractivity (Wildman–Crippen MR) is 75.9 cm³/mol. The van der Waals surface area contributed by atoms with Gasteiger partial charge < -0.3 is 14.5 Å². The van der Waals surface area contributed by atoms with Crippen LogP contribution in [0.3, 0.4) is 0 Å². The van der Waals surface area contributed by atoms with E-state index in [0.29, 0.717) is 0 Å². The molecule has 1 aromatic carbocycles. The fourth-order valence-electron chi connectivity index (χ4n) is 1.21. The van der Waals surface area contributed by atoms with Crippen molar-refractivity contribution in [3.8, 4) is 0 Å². The van der Waals surface area contributed by atoms with Crippen LogP contribution in [0.4, 0.5) is 4.79 Å². The van der Waals surface area contributed by atoms with Gasteiger partial charge in [-0.2, -0.15) is 0 Å². The van der Waals surface area contributed by atoms with Crippen molar-refractivity contribution in [3.05, 3.63) is 35.9 Å². The van der Waals surface area contributed by atoms with Gasteiger partial charge in [-0.05, 0) is 12.5 Å². The van der Waals surface area contributed by atoms with Gasteiger partial charge in [-0.25, -0.2) is 4.79 Å². The first-order chi connectivity index (χ1) is 8.11. The molecule has 2 N–H and O–H groups in total. The highest BCUT2D eigenvalue weighted by Gasteiger charge is 2.05. The number of hydrogen-bond donors (Lipinski definition) is 2. The molecule has 0 saturated carbocycles. The van der Waals surface area contributed by atoms with Crippen LogP contribution in [0.1, 0.15) is 18.5 Å². The summed E-state index contributed by atoms with van der Waals surface area (Å²) in [5, 5.41) is 10.8. The molecule has 0 aromatic heterocycles. The number of carbonyl (C=O) groups is 1. The first-order valence-corrected chi connectivity index (χ1v) is 9.72. The SMILES string of the molecule is CC(NC(=O)O)c1ccccc1.C[SiH2]O[SiH2]C. The van der Waals surface area contributed by atoms with Crippen LogP contribution in [-0.4, -0.2) is 30.7 Å². The Morgan fingerprint density at radius 2 is 1.82 bits per heavy atom. The first-order valence-electron chi connectivity index (χ1n) is 5.73. The van der Waals surface area contributed by atoms with E-state index in [1.165, 1.54) is 0 Å². The van der Waals surface area contributed by atoms with Gasteiger partial charge in [-0.3, -0.25) is 0 Å². The maximum atomic E-state index is 10.3. The van der Waals surface area contributed by atoms with Crippen molar-refractivity contribution in [2.45, 2.75) is 26.1 Å². The maximum Gasteiger partial charge on any atom is 0.405 e. The summed E-state index contributed by atoms with van der Waals surface area (Å²) in [6.45, 7) is 6.14. The zero-order valence-electron chi connectivity index (χ0n) is 10.6. The lowest BCUT2D eigenvalue weighted by atomic mass is 10.1. The number of benzene rings is 1. The number of carboxylic acid groups (broad SMARTS) is 1. The fourth-order valence-corrected chi connectivity index (χ4v) is 2.85. The van der Waals surface area contributed by atoms with Gasteiger partial charge in [0.2, 0.25) is 0 Å². The Hall–Kier alpha value is -1.12. The molecule has 1 unspecified atom stereocenters. The number of amides is 1. The molecule has 1 atom stereocenters. The van der Waals surface area contributed by atoms with E-state index in [-0.39, 0.29) is 25.6 Å². The largest absolute Gasteiger partial charge is 0.466 e. The van der Waals surface area contributed by atoms with Crippen molar-refractivity contribution in [3.63, 3.8) is 0 Å². The lowest BCUT2D eigenvalue weighted by Gasteiger charge is -2.10. The van der Waals surface area contributed by atoms with E-state index in [9.17, 15) is 4.79 Å². The molecule has 17 heavy (non-hydrogen) atoms. The molecule has 0 aliphatic heterocycles. The Balaban J connectivity index is 0.000000437. The minimum absolute atomic E-state index is 0.0243.